The molecular weight excluding hydrogens is 314 g/mol. The van der Waals surface area contributed by atoms with Crippen LogP contribution in [0.15, 0.2) is 12.1 Å². The predicted molar refractivity (Wildman–Crippen MR) is 83.3 cm³/mol. The van der Waals surface area contributed by atoms with E-state index in [1.807, 2.05) is 11.8 Å². The van der Waals surface area contributed by atoms with Crippen LogP contribution in [0.2, 0.25) is 10.0 Å². The number of halogens is 3. The van der Waals surface area contributed by atoms with Gasteiger partial charge in [0.1, 0.15) is 5.82 Å². The second-order valence-corrected chi connectivity index (χ2v) is 6.09. The van der Waals surface area contributed by atoms with Gasteiger partial charge in [-0.05, 0) is 38.3 Å². The molecule has 0 aromatic heterocycles. The third-order valence-electron chi connectivity index (χ3n) is 3.78. The molecular formula is C15H19Cl2FN2O. The van der Waals surface area contributed by atoms with Crippen molar-refractivity contribution in [1.82, 2.24) is 10.2 Å². The van der Waals surface area contributed by atoms with E-state index in [0.29, 0.717) is 10.6 Å². The Balaban J connectivity index is 1.97. The van der Waals surface area contributed by atoms with Crippen molar-refractivity contribution < 1.29 is 9.18 Å². The lowest BCUT2D eigenvalue weighted by Crippen LogP contribution is -2.41. The first-order valence-corrected chi connectivity index (χ1v) is 7.91. The lowest BCUT2D eigenvalue weighted by molar-refractivity contribution is -0.131. The number of nitrogens with one attached hydrogen (secondary N) is 1. The maximum absolute atomic E-state index is 13.5. The van der Waals surface area contributed by atoms with Gasteiger partial charge in [0, 0.05) is 29.7 Å². The molecule has 0 radical (unpaired) electrons. The lowest BCUT2D eigenvalue weighted by atomic mass is 10.1. The molecule has 116 valence electrons. The average Bonchev–Trinajstić information content (AvgIpc) is 2.50. The topological polar surface area (TPSA) is 32.3 Å². The third-order valence-corrected chi connectivity index (χ3v) is 4.49. The number of rotatable bonds is 4. The zero-order valence-corrected chi connectivity index (χ0v) is 13.5. The molecule has 6 heteroatoms. The SMILES string of the molecule is CC(NCC(=O)N1CCCCC1)c1c(Cl)ccc(F)c1Cl. The molecule has 3 nitrogen and oxygen atoms in total. The summed E-state index contributed by atoms with van der Waals surface area (Å²) in [5, 5.41) is 3.48. The van der Waals surface area contributed by atoms with Crippen molar-refractivity contribution in [3.05, 3.63) is 33.6 Å². The zero-order chi connectivity index (χ0) is 15.4. The van der Waals surface area contributed by atoms with E-state index in [1.54, 1.807) is 0 Å². The molecule has 1 saturated heterocycles. The monoisotopic (exact) mass is 332 g/mol. The van der Waals surface area contributed by atoms with Crippen molar-refractivity contribution >= 4 is 29.1 Å². The van der Waals surface area contributed by atoms with Gasteiger partial charge in [0.2, 0.25) is 5.91 Å². The zero-order valence-electron chi connectivity index (χ0n) is 12.0. The Morgan fingerprint density at radius 1 is 1.33 bits per heavy atom. The van der Waals surface area contributed by atoms with Crippen LogP contribution in [-0.2, 0) is 4.79 Å². The second-order valence-electron chi connectivity index (χ2n) is 5.30. The Kier molecular flexibility index (Phi) is 5.85. The molecule has 1 aromatic rings. The Labute approximate surface area is 134 Å². The van der Waals surface area contributed by atoms with Crippen molar-refractivity contribution in [3.63, 3.8) is 0 Å². The Morgan fingerprint density at radius 2 is 2.00 bits per heavy atom. The molecule has 1 atom stereocenters. The highest BCUT2D eigenvalue weighted by Gasteiger charge is 2.20. The number of nitrogens with zero attached hydrogens (tertiary/aromatic N) is 1. The minimum Gasteiger partial charge on any atom is -0.342 e. The van der Waals surface area contributed by atoms with Crippen LogP contribution in [0.3, 0.4) is 0 Å². The molecule has 1 aliphatic heterocycles. The van der Waals surface area contributed by atoms with E-state index in [9.17, 15) is 9.18 Å². The maximum Gasteiger partial charge on any atom is 0.236 e. The number of hydrogen-bond acceptors (Lipinski definition) is 2. The number of carbonyl (C=O) groups is 1. The fourth-order valence-corrected chi connectivity index (χ4v) is 3.24. The summed E-state index contributed by atoms with van der Waals surface area (Å²) in [5.41, 5.74) is 0.491. The summed E-state index contributed by atoms with van der Waals surface area (Å²) in [4.78, 5) is 14.0. The fraction of sp³-hybridized carbons (Fsp3) is 0.533. The molecule has 1 unspecified atom stereocenters. The summed E-state index contributed by atoms with van der Waals surface area (Å²) in [6.07, 6.45) is 3.30. The Morgan fingerprint density at radius 3 is 2.67 bits per heavy atom. The molecule has 1 aliphatic rings. The van der Waals surface area contributed by atoms with Gasteiger partial charge in [0.25, 0.3) is 0 Å². The van der Waals surface area contributed by atoms with E-state index < -0.39 is 5.82 Å². The first-order chi connectivity index (χ1) is 10.0. The minimum absolute atomic E-state index is 0.00733. The van der Waals surface area contributed by atoms with Crippen molar-refractivity contribution in [3.8, 4) is 0 Å². The standard InChI is InChI=1S/C15H19Cl2FN2O/c1-10(14-11(16)5-6-12(18)15(14)17)19-9-13(21)20-7-3-2-4-8-20/h5-6,10,19H,2-4,7-9H2,1H3. The normalized spacial score (nSPS) is 16.9. The van der Waals surface area contributed by atoms with Crippen LogP contribution in [0.25, 0.3) is 0 Å². The van der Waals surface area contributed by atoms with Crippen LogP contribution in [0.5, 0.6) is 0 Å². The summed E-state index contributed by atoms with van der Waals surface area (Å²) in [6, 6.07) is 2.41. The van der Waals surface area contributed by atoms with Gasteiger partial charge in [0.05, 0.1) is 11.6 Å². The molecule has 1 amide bonds. The van der Waals surface area contributed by atoms with Crippen LogP contribution in [0.1, 0.15) is 37.8 Å². The van der Waals surface area contributed by atoms with Crippen molar-refractivity contribution in [2.45, 2.75) is 32.2 Å². The van der Waals surface area contributed by atoms with E-state index in [2.05, 4.69) is 5.32 Å². The summed E-state index contributed by atoms with van der Waals surface area (Å²) in [6.45, 7) is 3.65. The van der Waals surface area contributed by atoms with E-state index in [0.717, 1.165) is 25.9 Å². The van der Waals surface area contributed by atoms with Gasteiger partial charge in [-0.1, -0.05) is 23.2 Å². The Bertz CT molecular complexity index is 519. The van der Waals surface area contributed by atoms with E-state index >= 15 is 0 Å². The fourth-order valence-electron chi connectivity index (χ4n) is 2.54. The summed E-state index contributed by atoms with van der Waals surface area (Å²) in [5.74, 6) is -0.447. The van der Waals surface area contributed by atoms with Gasteiger partial charge in [-0.2, -0.15) is 0 Å². The average molecular weight is 333 g/mol. The lowest BCUT2D eigenvalue weighted by Gasteiger charge is -2.27. The molecule has 2 rings (SSSR count). The van der Waals surface area contributed by atoms with Crippen LogP contribution >= 0.6 is 23.2 Å². The largest absolute Gasteiger partial charge is 0.342 e. The molecule has 0 spiro atoms. The van der Waals surface area contributed by atoms with Crippen molar-refractivity contribution in [2.75, 3.05) is 19.6 Å². The first kappa shape index (κ1) is 16.5. The van der Waals surface area contributed by atoms with Crippen LogP contribution in [-0.4, -0.2) is 30.4 Å². The Hall–Kier alpha value is -0.840. The van der Waals surface area contributed by atoms with Crippen LogP contribution in [0.4, 0.5) is 4.39 Å². The van der Waals surface area contributed by atoms with E-state index in [4.69, 9.17) is 23.2 Å². The molecule has 1 N–H and O–H groups in total. The summed E-state index contributed by atoms with van der Waals surface area (Å²) in [7, 11) is 0. The van der Waals surface area contributed by atoms with Gasteiger partial charge in [0.15, 0.2) is 0 Å². The van der Waals surface area contributed by atoms with Gasteiger partial charge in [-0.25, -0.2) is 4.39 Å². The molecule has 0 aliphatic carbocycles. The quantitative estimate of drug-likeness (QED) is 0.850. The van der Waals surface area contributed by atoms with Gasteiger partial charge < -0.3 is 10.2 Å². The van der Waals surface area contributed by atoms with Gasteiger partial charge >= 0.3 is 0 Å². The highest BCUT2D eigenvalue weighted by atomic mass is 35.5. The molecule has 1 aromatic carbocycles. The van der Waals surface area contributed by atoms with E-state index in [-0.39, 0.29) is 23.5 Å². The number of amides is 1. The number of likely N-dealkylation sites (tertiary alicyclic amines) is 1. The van der Waals surface area contributed by atoms with Gasteiger partial charge in [-0.3, -0.25) is 4.79 Å². The summed E-state index contributed by atoms with van der Waals surface area (Å²) >= 11 is 12.0. The van der Waals surface area contributed by atoms with Crippen molar-refractivity contribution in [2.24, 2.45) is 0 Å². The molecule has 1 heterocycles. The smallest absolute Gasteiger partial charge is 0.236 e. The maximum atomic E-state index is 13.5. The molecule has 0 bridgehead atoms. The number of carbonyl (C=O) groups excluding carboxylic acids is 1. The highest BCUT2D eigenvalue weighted by molar-refractivity contribution is 6.36. The van der Waals surface area contributed by atoms with Gasteiger partial charge in [-0.15, -0.1) is 0 Å². The van der Waals surface area contributed by atoms with Crippen LogP contribution < -0.4 is 5.32 Å². The second kappa shape index (κ2) is 7.43. The van der Waals surface area contributed by atoms with Crippen molar-refractivity contribution in [1.29, 1.82) is 0 Å². The number of piperidine rings is 1. The summed E-state index contributed by atoms with van der Waals surface area (Å²) < 4.78 is 13.5. The third kappa shape index (κ3) is 4.09. The number of hydrogen-bond donors (Lipinski definition) is 1. The molecule has 1 fully saturated rings. The predicted octanol–water partition coefficient (Wildman–Crippen LogP) is 3.80. The molecule has 21 heavy (non-hydrogen) atoms. The molecule has 0 saturated carbocycles. The number of benzene rings is 1. The highest BCUT2D eigenvalue weighted by Crippen LogP contribution is 2.32. The van der Waals surface area contributed by atoms with E-state index in [1.165, 1.54) is 18.6 Å². The first-order valence-electron chi connectivity index (χ1n) is 7.15. The minimum atomic E-state index is -0.507. The van der Waals surface area contributed by atoms with Crippen LogP contribution in [0, 0.1) is 5.82 Å².